The van der Waals surface area contributed by atoms with Gasteiger partial charge in [0.2, 0.25) is 18.4 Å². The van der Waals surface area contributed by atoms with Crippen molar-refractivity contribution in [3.05, 3.63) is 35.7 Å². The summed E-state index contributed by atoms with van der Waals surface area (Å²) in [6.45, 7) is 4.39. The molecule has 3 aromatic rings. The maximum Gasteiger partial charge on any atom is 0.231 e. The Labute approximate surface area is 138 Å². The molecular weight excluding hydrogens is 312 g/mol. The van der Waals surface area contributed by atoms with Crippen LogP contribution in [-0.2, 0) is 6.54 Å². The van der Waals surface area contributed by atoms with Gasteiger partial charge in [-0.1, -0.05) is 0 Å². The smallest absolute Gasteiger partial charge is 0.231 e. The first-order valence-corrected chi connectivity index (χ1v) is 7.44. The molecular formula is C16H16N4O4. The fourth-order valence-corrected chi connectivity index (χ4v) is 2.57. The number of rotatable bonds is 4. The van der Waals surface area contributed by atoms with E-state index < -0.39 is 0 Å². The van der Waals surface area contributed by atoms with Crippen LogP contribution in [-0.4, -0.2) is 33.7 Å². The molecule has 24 heavy (non-hydrogen) atoms. The molecule has 8 heteroatoms. The Morgan fingerprint density at radius 2 is 2.12 bits per heavy atom. The zero-order valence-corrected chi connectivity index (χ0v) is 13.6. The molecule has 2 aromatic heterocycles. The van der Waals surface area contributed by atoms with Crippen LogP contribution in [0, 0.1) is 13.8 Å². The molecule has 0 fully saturated rings. The van der Waals surface area contributed by atoms with Crippen molar-refractivity contribution < 1.29 is 18.6 Å². The Kier molecular flexibility index (Phi) is 3.37. The van der Waals surface area contributed by atoms with Gasteiger partial charge in [0, 0.05) is 5.56 Å². The van der Waals surface area contributed by atoms with Gasteiger partial charge in [-0.2, -0.15) is 5.10 Å². The Bertz CT molecular complexity index is 900. The van der Waals surface area contributed by atoms with Crippen LogP contribution >= 0.6 is 0 Å². The van der Waals surface area contributed by atoms with Crippen molar-refractivity contribution >= 4 is 0 Å². The van der Waals surface area contributed by atoms with Gasteiger partial charge in [0.25, 0.3) is 0 Å². The summed E-state index contributed by atoms with van der Waals surface area (Å²) in [7, 11) is 1.58. The first-order chi connectivity index (χ1) is 11.6. The second kappa shape index (κ2) is 5.55. The van der Waals surface area contributed by atoms with Gasteiger partial charge in [-0.25, -0.2) is 14.6 Å². The molecule has 1 aliphatic heterocycles. The fraction of sp³-hybridized carbons (Fsp3) is 0.312. The normalized spacial score (nSPS) is 12.6. The first kappa shape index (κ1) is 14.6. The molecule has 4 rings (SSSR count). The zero-order valence-electron chi connectivity index (χ0n) is 13.6. The summed E-state index contributed by atoms with van der Waals surface area (Å²) >= 11 is 0. The Morgan fingerprint density at radius 3 is 2.88 bits per heavy atom. The number of hydrogen-bond donors (Lipinski definition) is 0. The number of fused-ring (bicyclic) bond motifs is 1. The van der Waals surface area contributed by atoms with Gasteiger partial charge in [0.15, 0.2) is 11.5 Å². The number of aryl methyl sites for hydroxylation is 2. The monoisotopic (exact) mass is 328 g/mol. The third kappa shape index (κ3) is 2.45. The van der Waals surface area contributed by atoms with E-state index in [9.17, 15) is 0 Å². The van der Waals surface area contributed by atoms with Crippen LogP contribution in [0.25, 0.3) is 11.5 Å². The van der Waals surface area contributed by atoms with Gasteiger partial charge < -0.3 is 18.6 Å². The molecule has 0 saturated heterocycles. The Hall–Kier alpha value is -3.03. The average molecular weight is 328 g/mol. The Balaban J connectivity index is 1.69. The van der Waals surface area contributed by atoms with Gasteiger partial charge in [-0.3, -0.25) is 0 Å². The molecule has 0 N–H and O–H groups in total. The van der Waals surface area contributed by atoms with Crippen LogP contribution in [0.15, 0.2) is 22.9 Å². The van der Waals surface area contributed by atoms with Crippen molar-refractivity contribution in [1.29, 1.82) is 0 Å². The van der Waals surface area contributed by atoms with Crippen LogP contribution in [0.5, 0.6) is 17.2 Å². The molecule has 0 spiro atoms. The van der Waals surface area contributed by atoms with E-state index >= 15 is 0 Å². The van der Waals surface area contributed by atoms with Crippen LogP contribution in [0.1, 0.15) is 17.3 Å². The predicted molar refractivity (Wildman–Crippen MR) is 83.2 cm³/mol. The highest BCUT2D eigenvalue weighted by Gasteiger charge is 2.22. The molecule has 0 unspecified atom stereocenters. The lowest BCUT2D eigenvalue weighted by atomic mass is 10.2. The van der Waals surface area contributed by atoms with E-state index in [2.05, 4.69) is 15.1 Å². The molecule has 0 radical (unpaired) electrons. The number of nitrogens with zero attached hydrogens (tertiary/aromatic N) is 4. The van der Waals surface area contributed by atoms with E-state index in [0.717, 1.165) is 22.8 Å². The third-order valence-corrected chi connectivity index (χ3v) is 3.76. The molecule has 0 aliphatic carbocycles. The van der Waals surface area contributed by atoms with Crippen LogP contribution in [0.2, 0.25) is 0 Å². The lowest BCUT2D eigenvalue weighted by Gasteiger charge is -2.06. The lowest BCUT2D eigenvalue weighted by molar-refractivity contribution is 0.171. The van der Waals surface area contributed by atoms with Gasteiger partial charge in [0.1, 0.15) is 23.6 Å². The third-order valence-electron chi connectivity index (χ3n) is 3.76. The minimum absolute atomic E-state index is 0.177. The molecule has 3 heterocycles. The number of methoxy groups -OCH3 is 1. The lowest BCUT2D eigenvalue weighted by Crippen LogP contribution is -2.02. The highest BCUT2D eigenvalue weighted by Crippen LogP contribution is 2.44. The van der Waals surface area contributed by atoms with E-state index in [1.165, 1.54) is 0 Å². The summed E-state index contributed by atoms with van der Waals surface area (Å²) < 4.78 is 23.7. The molecule has 0 atom stereocenters. The maximum absolute atomic E-state index is 5.81. The number of hydrogen-bond acceptors (Lipinski definition) is 7. The number of aromatic nitrogens is 4. The molecule has 0 amide bonds. The van der Waals surface area contributed by atoms with E-state index in [1.807, 2.05) is 26.0 Å². The van der Waals surface area contributed by atoms with E-state index in [1.54, 1.807) is 18.1 Å². The second-order valence-corrected chi connectivity index (χ2v) is 5.42. The molecule has 1 aromatic carbocycles. The van der Waals surface area contributed by atoms with Crippen molar-refractivity contribution in [2.24, 2.45) is 0 Å². The minimum atomic E-state index is 0.177. The number of ether oxygens (including phenoxy) is 3. The topological polar surface area (TPSA) is 84.4 Å². The predicted octanol–water partition coefficient (Wildman–Crippen LogP) is 2.34. The van der Waals surface area contributed by atoms with Crippen LogP contribution in [0.4, 0.5) is 0 Å². The van der Waals surface area contributed by atoms with Crippen LogP contribution in [0.3, 0.4) is 0 Å². The summed E-state index contributed by atoms with van der Waals surface area (Å²) in [6, 6.07) is 3.65. The second-order valence-electron chi connectivity index (χ2n) is 5.42. The summed E-state index contributed by atoms with van der Waals surface area (Å²) in [6.07, 6.45) is 1.67. The molecule has 1 aliphatic rings. The van der Waals surface area contributed by atoms with E-state index in [0.29, 0.717) is 29.7 Å². The number of benzene rings is 1. The first-order valence-electron chi connectivity index (χ1n) is 7.44. The van der Waals surface area contributed by atoms with E-state index in [-0.39, 0.29) is 6.79 Å². The Morgan fingerprint density at radius 1 is 1.25 bits per heavy atom. The standard InChI is InChI=1S/C16H16N4O4/c1-9-12(6-20-7-17-10(2)19-20)18-16(24-9)11-4-13(21-3)15-14(5-11)22-8-23-15/h4-5,7H,6,8H2,1-3H3. The van der Waals surface area contributed by atoms with Crippen molar-refractivity contribution in [3.8, 4) is 28.7 Å². The van der Waals surface area contributed by atoms with Crippen molar-refractivity contribution in [3.63, 3.8) is 0 Å². The molecule has 8 nitrogen and oxygen atoms in total. The molecule has 124 valence electrons. The zero-order chi connectivity index (χ0) is 16.7. The molecule has 0 saturated carbocycles. The summed E-state index contributed by atoms with van der Waals surface area (Å²) in [4.78, 5) is 8.69. The summed E-state index contributed by atoms with van der Waals surface area (Å²) in [5.41, 5.74) is 1.56. The van der Waals surface area contributed by atoms with Gasteiger partial charge in [-0.15, -0.1) is 0 Å². The summed E-state index contributed by atoms with van der Waals surface area (Å²) in [5.74, 6) is 3.75. The van der Waals surface area contributed by atoms with Crippen LogP contribution < -0.4 is 14.2 Å². The van der Waals surface area contributed by atoms with Crippen molar-refractivity contribution in [1.82, 2.24) is 19.7 Å². The quantitative estimate of drug-likeness (QED) is 0.726. The highest BCUT2D eigenvalue weighted by molar-refractivity contribution is 5.66. The summed E-state index contributed by atoms with van der Waals surface area (Å²) in [5, 5.41) is 4.27. The SMILES string of the molecule is COc1cc(-c2nc(Cn3cnc(C)n3)c(C)o2)cc2c1OCO2. The average Bonchev–Trinajstić information content (AvgIpc) is 3.28. The number of oxazole rings is 1. The van der Waals surface area contributed by atoms with Gasteiger partial charge >= 0.3 is 0 Å². The van der Waals surface area contributed by atoms with E-state index in [4.69, 9.17) is 18.6 Å². The molecule has 0 bridgehead atoms. The minimum Gasteiger partial charge on any atom is -0.493 e. The fourth-order valence-electron chi connectivity index (χ4n) is 2.57. The largest absolute Gasteiger partial charge is 0.493 e. The van der Waals surface area contributed by atoms with Gasteiger partial charge in [-0.05, 0) is 26.0 Å². The maximum atomic E-state index is 5.81. The van der Waals surface area contributed by atoms with Gasteiger partial charge in [0.05, 0.1) is 13.7 Å². The highest BCUT2D eigenvalue weighted by atomic mass is 16.7. The van der Waals surface area contributed by atoms with Crippen molar-refractivity contribution in [2.45, 2.75) is 20.4 Å². The van der Waals surface area contributed by atoms with Crippen molar-refractivity contribution in [2.75, 3.05) is 13.9 Å².